The van der Waals surface area contributed by atoms with Gasteiger partial charge in [-0.05, 0) is 30.0 Å². The van der Waals surface area contributed by atoms with E-state index in [2.05, 4.69) is 22.8 Å². The van der Waals surface area contributed by atoms with Crippen LogP contribution in [-0.4, -0.2) is 31.0 Å². The average Bonchev–Trinajstić information content (AvgIpc) is 2.74. The number of hydrogen-bond donors (Lipinski definition) is 2. The highest BCUT2D eigenvalue weighted by atomic mass is 16.5. The third-order valence-corrected chi connectivity index (χ3v) is 5.21. The van der Waals surface area contributed by atoms with E-state index < -0.39 is 0 Å². The van der Waals surface area contributed by atoms with Crippen molar-refractivity contribution >= 4 is 11.8 Å². The minimum Gasteiger partial charge on any atom is -0.483 e. The molecular weight excluding hydrogens is 364 g/mol. The standard InChI is InChI=1S/C24H30N2O3/c27-23(26-21-12-5-2-6-13-21)15-16-25-24(28)18-29-22-14-8-7-11-20(22)17-19-9-3-1-4-10-19/h1,3-4,7-11,14,21H,2,5-6,12-13,15-18H2,(H,25,28)(H,26,27). The van der Waals surface area contributed by atoms with Gasteiger partial charge in [-0.1, -0.05) is 67.8 Å². The molecule has 2 amide bonds. The van der Waals surface area contributed by atoms with Gasteiger partial charge in [0.05, 0.1) is 0 Å². The summed E-state index contributed by atoms with van der Waals surface area (Å²) in [4.78, 5) is 24.1. The second kappa shape index (κ2) is 11.2. The summed E-state index contributed by atoms with van der Waals surface area (Å²) in [5.74, 6) is 0.498. The van der Waals surface area contributed by atoms with E-state index in [0.29, 0.717) is 24.8 Å². The van der Waals surface area contributed by atoms with Crippen LogP contribution in [0.2, 0.25) is 0 Å². The molecule has 29 heavy (non-hydrogen) atoms. The zero-order chi connectivity index (χ0) is 20.3. The van der Waals surface area contributed by atoms with Crippen LogP contribution in [-0.2, 0) is 16.0 Å². The molecule has 1 saturated carbocycles. The van der Waals surface area contributed by atoms with E-state index in [1.807, 2.05) is 42.5 Å². The highest BCUT2D eigenvalue weighted by Crippen LogP contribution is 2.21. The number of amides is 2. The minimum absolute atomic E-state index is 0.00586. The smallest absolute Gasteiger partial charge is 0.257 e. The van der Waals surface area contributed by atoms with Crippen LogP contribution >= 0.6 is 0 Å². The molecule has 5 heteroatoms. The van der Waals surface area contributed by atoms with Gasteiger partial charge in [0.25, 0.3) is 5.91 Å². The fraction of sp³-hybridized carbons (Fsp3) is 0.417. The molecule has 0 heterocycles. The van der Waals surface area contributed by atoms with Gasteiger partial charge in [-0.2, -0.15) is 0 Å². The van der Waals surface area contributed by atoms with Gasteiger partial charge in [0.1, 0.15) is 5.75 Å². The molecule has 1 fully saturated rings. The highest BCUT2D eigenvalue weighted by molar-refractivity contribution is 5.80. The van der Waals surface area contributed by atoms with Crippen LogP contribution in [0.4, 0.5) is 0 Å². The van der Waals surface area contributed by atoms with Crippen molar-refractivity contribution in [3.8, 4) is 5.75 Å². The first-order chi connectivity index (χ1) is 14.2. The van der Waals surface area contributed by atoms with Crippen LogP contribution in [0.1, 0.15) is 49.7 Å². The Kier molecular flexibility index (Phi) is 8.11. The maximum atomic E-state index is 12.1. The Balaban J connectivity index is 1.38. The molecule has 0 unspecified atom stereocenters. The summed E-state index contributed by atoms with van der Waals surface area (Å²) < 4.78 is 5.74. The predicted molar refractivity (Wildman–Crippen MR) is 114 cm³/mol. The van der Waals surface area contributed by atoms with Crippen LogP contribution < -0.4 is 15.4 Å². The molecule has 0 bridgehead atoms. The Labute approximate surface area is 172 Å². The van der Waals surface area contributed by atoms with Crippen LogP contribution in [0.15, 0.2) is 54.6 Å². The van der Waals surface area contributed by atoms with E-state index in [0.717, 1.165) is 24.8 Å². The van der Waals surface area contributed by atoms with Gasteiger partial charge in [-0.3, -0.25) is 9.59 Å². The third-order valence-electron chi connectivity index (χ3n) is 5.21. The van der Waals surface area contributed by atoms with E-state index in [-0.39, 0.29) is 18.4 Å². The van der Waals surface area contributed by atoms with Crippen molar-refractivity contribution in [3.63, 3.8) is 0 Å². The Hall–Kier alpha value is -2.82. The number of hydrogen-bond acceptors (Lipinski definition) is 3. The van der Waals surface area contributed by atoms with Gasteiger partial charge in [0.15, 0.2) is 6.61 Å². The van der Waals surface area contributed by atoms with Crippen molar-refractivity contribution in [2.45, 2.75) is 51.0 Å². The van der Waals surface area contributed by atoms with Crippen LogP contribution in [0, 0.1) is 0 Å². The molecule has 2 aromatic rings. The molecule has 0 atom stereocenters. The first kappa shape index (κ1) is 20.9. The van der Waals surface area contributed by atoms with Crippen molar-refractivity contribution in [3.05, 3.63) is 65.7 Å². The lowest BCUT2D eigenvalue weighted by molar-refractivity contribution is -0.124. The zero-order valence-electron chi connectivity index (χ0n) is 16.9. The Morgan fingerprint density at radius 3 is 2.41 bits per heavy atom. The van der Waals surface area contributed by atoms with Crippen LogP contribution in [0.5, 0.6) is 5.75 Å². The average molecular weight is 395 g/mol. The van der Waals surface area contributed by atoms with Gasteiger partial charge >= 0.3 is 0 Å². The van der Waals surface area contributed by atoms with Gasteiger partial charge in [0, 0.05) is 25.4 Å². The van der Waals surface area contributed by atoms with Gasteiger partial charge in [-0.25, -0.2) is 0 Å². The number of ether oxygens (including phenoxy) is 1. The van der Waals surface area contributed by atoms with E-state index in [1.54, 1.807) is 0 Å². The lowest BCUT2D eigenvalue weighted by Gasteiger charge is -2.22. The summed E-state index contributed by atoms with van der Waals surface area (Å²) in [6.45, 7) is 0.266. The number of nitrogens with one attached hydrogen (secondary N) is 2. The molecular formula is C24H30N2O3. The molecule has 5 nitrogen and oxygen atoms in total. The largest absolute Gasteiger partial charge is 0.483 e. The first-order valence-electron chi connectivity index (χ1n) is 10.5. The van der Waals surface area contributed by atoms with E-state index in [4.69, 9.17) is 4.74 Å². The molecule has 0 radical (unpaired) electrons. The third kappa shape index (κ3) is 7.26. The quantitative estimate of drug-likeness (QED) is 0.683. The maximum absolute atomic E-state index is 12.1. The Morgan fingerprint density at radius 1 is 0.897 bits per heavy atom. The Morgan fingerprint density at radius 2 is 1.62 bits per heavy atom. The predicted octanol–water partition coefficient (Wildman–Crippen LogP) is 3.61. The monoisotopic (exact) mass is 394 g/mol. The van der Waals surface area contributed by atoms with E-state index in [9.17, 15) is 9.59 Å². The summed E-state index contributed by atoms with van der Waals surface area (Å²) in [5, 5.41) is 5.83. The molecule has 154 valence electrons. The molecule has 0 spiro atoms. The van der Waals surface area contributed by atoms with Crippen molar-refractivity contribution in [2.75, 3.05) is 13.2 Å². The highest BCUT2D eigenvalue weighted by Gasteiger charge is 2.15. The van der Waals surface area contributed by atoms with Crippen molar-refractivity contribution < 1.29 is 14.3 Å². The van der Waals surface area contributed by atoms with Gasteiger partial charge in [0.2, 0.25) is 5.91 Å². The molecule has 0 aliphatic heterocycles. The number of carbonyl (C=O) groups is 2. The van der Waals surface area contributed by atoms with Crippen molar-refractivity contribution in [2.24, 2.45) is 0 Å². The molecule has 0 aromatic heterocycles. The minimum atomic E-state index is -0.218. The SMILES string of the molecule is O=C(COc1ccccc1Cc1ccccc1)NCCC(=O)NC1CCCCC1. The van der Waals surface area contributed by atoms with Crippen molar-refractivity contribution in [1.29, 1.82) is 0 Å². The number of para-hydroxylation sites is 1. The van der Waals surface area contributed by atoms with E-state index in [1.165, 1.54) is 24.8 Å². The lowest BCUT2D eigenvalue weighted by Crippen LogP contribution is -2.38. The summed E-state index contributed by atoms with van der Waals surface area (Å²) in [5.41, 5.74) is 2.23. The molecule has 0 saturated heterocycles. The topological polar surface area (TPSA) is 67.4 Å². The summed E-state index contributed by atoms with van der Waals surface area (Å²) in [6, 6.07) is 18.2. The molecule has 3 rings (SSSR count). The Bertz CT molecular complexity index is 786. The van der Waals surface area contributed by atoms with Crippen molar-refractivity contribution in [1.82, 2.24) is 10.6 Å². The molecule has 2 N–H and O–H groups in total. The second-order valence-corrected chi connectivity index (χ2v) is 7.56. The lowest BCUT2D eigenvalue weighted by atomic mass is 9.95. The molecule has 2 aromatic carbocycles. The fourth-order valence-corrected chi connectivity index (χ4v) is 3.66. The first-order valence-corrected chi connectivity index (χ1v) is 10.5. The van der Waals surface area contributed by atoms with Gasteiger partial charge in [-0.15, -0.1) is 0 Å². The van der Waals surface area contributed by atoms with Gasteiger partial charge < -0.3 is 15.4 Å². The summed E-state index contributed by atoms with van der Waals surface area (Å²) in [7, 11) is 0. The number of rotatable bonds is 9. The molecule has 1 aliphatic rings. The maximum Gasteiger partial charge on any atom is 0.257 e. The summed E-state index contributed by atoms with van der Waals surface area (Å²) in [6.07, 6.45) is 6.81. The van der Waals surface area contributed by atoms with E-state index >= 15 is 0 Å². The zero-order valence-corrected chi connectivity index (χ0v) is 16.9. The van der Waals surface area contributed by atoms with Crippen LogP contribution in [0.3, 0.4) is 0 Å². The normalized spacial score (nSPS) is 14.2. The van der Waals surface area contributed by atoms with Crippen LogP contribution in [0.25, 0.3) is 0 Å². The summed E-state index contributed by atoms with van der Waals surface area (Å²) >= 11 is 0. The fourth-order valence-electron chi connectivity index (χ4n) is 3.66. The molecule has 1 aliphatic carbocycles. The number of benzene rings is 2. The number of carbonyl (C=O) groups excluding carboxylic acids is 2. The second-order valence-electron chi connectivity index (χ2n) is 7.56.